The zero-order chi connectivity index (χ0) is 21.1. The van der Waals surface area contributed by atoms with E-state index in [1.54, 1.807) is 23.4 Å². The van der Waals surface area contributed by atoms with Crippen LogP contribution in [0.5, 0.6) is 0 Å². The molecular weight excluding hydrogens is 444 g/mol. The molecule has 11 heteroatoms. The molecule has 0 atom stereocenters. The molecule has 1 aromatic carbocycles. The highest BCUT2D eigenvalue weighted by molar-refractivity contribution is 6.31. The fourth-order valence-electron chi connectivity index (χ4n) is 3.33. The summed E-state index contributed by atoms with van der Waals surface area (Å²) in [4.78, 5) is 25.3. The van der Waals surface area contributed by atoms with Crippen molar-refractivity contribution >= 4 is 41.6 Å². The molecule has 1 fully saturated rings. The molecule has 0 unspecified atom stereocenters. The first-order valence-corrected chi connectivity index (χ1v) is 9.93. The number of H-pyrrole nitrogens is 1. The third-order valence-corrected chi connectivity index (χ3v) is 5.17. The Labute approximate surface area is 190 Å². The highest BCUT2D eigenvalue weighted by Gasteiger charge is 2.25. The molecule has 8 nitrogen and oxygen atoms in total. The third kappa shape index (κ3) is 5.49. The molecule has 1 aliphatic heterocycles. The van der Waals surface area contributed by atoms with E-state index in [0.717, 1.165) is 11.4 Å². The molecule has 1 amide bonds. The van der Waals surface area contributed by atoms with Crippen LogP contribution in [0.15, 0.2) is 36.7 Å². The number of hydrogen-bond donors (Lipinski definition) is 2. The third-order valence-electron chi connectivity index (χ3n) is 4.87. The molecule has 1 saturated heterocycles. The number of hydrogen-bond acceptors (Lipinski definition) is 6. The van der Waals surface area contributed by atoms with Crippen LogP contribution < -0.4 is 5.32 Å². The monoisotopic (exact) mass is 465 g/mol. The Morgan fingerprint density at radius 1 is 1.23 bits per heavy atom. The van der Waals surface area contributed by atoms with Crippen molar-refractivity contribution in [3.8, 4) is 0 Å². The van der Waals surface area contributed by atoms with Crippen LogP contribution >= 0.6 is 24.0 Å². The van der Waals surface area contributed by atoms with Gasteiger partial charge in [0.2, 0.25) is 0 Å². The Kier molecular flexibility index (Phi) is 7.42. The molecule has 2 N–H and O–H groups in total. The predicted molar refractivity (Wildman–Crippen MR) is 118 cm³/mol. The van der Waals surface area contributed by atoms with Crippen LogP contribution in [0.3, 0.4) is 0 Å². The van der Waals surface area contributed by atoms with Crippen LogP contribution in [0.2, 0.25) is 5.02 Å². The van der Waals surface area contributed by atoms with E-state index in [1.165, 1.54) is 12.1 Å². The smallest absolute Gasteiger partial charge is 0.256 e. The minimum absolute atomic E-state index is 0. The number of carbonyl (C=O) groups excluding carboxylic acids is 1. The number of halogens is 3. The van der Waals surface area contributed by atoms with Gasteiger partial charge in [0.25, 0.3) is 5.91 Å². The molecule has 2 aromatic heterocycles. The Bertz CT molecular complexity index is 1050. The minimum atomic E-state index is -0.668. The van der Waals surface area contributed by atoms with Crippen LogP contribution in [-0.4, -0.2) is 62.1 Å². The van der Waals surface area contributed by atoms with Crippen molar-refractivity contribution in [1.82, 2.24) is 30.0 Å². The number of nitrogens with one attached hydrogen (secondary N) is 2. The van der Waals surface area contributed by atoms with Crippen molar-refractivity contribution in [3.63, 3.8) is 0 Å². The van der Waals surface area contributed by atoms with Gasteiger partial charge in [-0.2, -0.15) is 5.10 Å². The molecule has 0 aliphatic carbocycles. The van der Waals surface area contributed by atoms with E-state index >= 15 is 0 Å². The van der Waals surface area contributed by atoms with Gasteiger partial charge < -0.3 is 10.2 Å². The largest absolute Gasteiger partial charge is 0.336 e. The summed E-state index contributed by atoms with van der Waals surface area (Å²) in [5.41, 5.74) is 1.77. The molecule has 0 spiro atoms. The SMILES string of the molecule is Cc1cc(Nc2cncc(CN3CCN(C(=O)c4cccc(Cl)c4F)CC3)n2)n[nH]1.Cl. The lowest BCUT2D eigenvalue weighted by molar-refractivity contribution is 0.0622. The van der Waals surface area contributed by atoms with E-state index in [2.05, 4.69) is 30.4 Å². The Morgan fingerprint density at radius 2 is 2.00 bits per heavy atom. The summed E-state index contributed by atoms with van der Waals surface area (Å²) in [5.74, 6) is 0.289. The second-order valence-electron chi connectivity index (χ2n) is 7.13. The Morgan fingerprint density at radius 3 is 2.71 bits per heavy atom. The lowest BCUT2D eigenvalue weighted by atomic mass is 10.1. The summed E-state index contributed by atoms with van der Waals surface area (Å²) in [5, 5.41) is 10.1. The maximum atomic E-state index is 14.1. The van der Waals surface area contributed by atoms with Gasteiger partial charge in [0.15, 0.2) is 11.6 Å². The van der Waals surface area contributed by atoms with E-state index in [4.69, 9.17) is 11.6 Å². The minimum Gasteiger partial charge on any atom is -0.336 e. The summed E-state index contributed by atoms with van der Waals surface area (Å²) < 4.78 is 14.1. The van der Waals surface area contributed by atoms with Crippen LogP contribution in [0.1, 0.15) is 21.7 Å². The number of nitrogens with zero attached hydrogens (tertiary/aromatic N) is 5. The fraction of sp³-hybridized carbons (Fsp3) is 0.300. The molecule has 0 bridgehead atoms. The highest BCUT2D eigenvalue weighted by atomic mass is 35.5. The topological polar surface area (TPSA) is 90.0 Å². The number of anilines is 2. The van der Waals surface area contributed by atoms with Gasteiger partial charge in [-0.05, 0) is 19.1 Å². The first kappa shape index (κ1) is 22.9. The summed E-state index contributed by atoms with van der Waals surface area (Å²) in [6.07, 6.45) is 3.36. The number of amides is 1. The number of rotatable bonds is 5. The van der Waals surface area contributed by atoms with Gasteiger partial charge in [-0.25, -0.2) is 9.37 Å². The predicted octanol–water partition coefficient (Wildman–Crippen LogP) is 3.42. The molecular formula is C20H22Cl2FN7O. The molecule has 1 aliphatic rings. The van der Waals surface area contributed by atoms with Crippen LogP contribution in [-0.2, 0) is 6.54 Å². The maximum absolute atomic E-state index is 14.1. The molecule has 0 saturated carbocycles. The normalized spacial score (nSPS) is 14.2. The van der Waals surface area contributed by atoms with Crippen molar-refractivity contribution in [2.45, 2.75) is 13.5 Å². The second-order valence-corrected chi connectivity index (χ2v) is 7.53. The number of benzene rings is 1. The quantitative estimate of drug-likeness (QED) is 0.599. The first-order chi connectivity index (χ1) is 14.5. The van der Waals surface area contributed by atoms with E-state index in [-0.39, 0.29) is 28.9 Å². The molecule has 164 valence electrons. The average molecular weight is 466 g/mol. The molecule has 4 rings (SSSR count). The van der Waals surface area contributed by atoms with Crippen molar-refractivity contribution in [2.24, 2.45) is 0 Å². The first-order valence-electron chi connectivity index (χ1n) is 9.55. The zero-order valence-electron chi connectivity index (χ0n) is 16.8. The number of aromatic nitrogens is 4. The average Bonchev–Trinajstić information content (AvgIpc) is 3.15. The lowest BCUT2D eigenvalue weighted by Gasteiger charge is -2.34. The van der Waals surface area contributed by atoms with E-state index in [9.17, 15) is 9.18 Å². The Balaban J connectivity index is 0.00000272. The number of piperazine rings is 1. The standard InChI is InChI=1S/C20H21ClFN7O.ClH/c1-13-9-17(27-26-13)25-18-11-23-10-14(24-18)12-28-5-7-29(8-6-28)20(30)15-3-2-4-16(21)19(15)22;/h2-4,9-11H,5-8,12H2,1H3,(H2,24,25,26,27);1H. The van der Waals surface area contributed by atoms with Gasteiger partial charge in [-0.15, -0.1) is 12.4 Å². The highest BCUT2D eigenvalue weighted by Crippen LogP contribution is 2.20. The van der Waals surface area contributed by atoms with Crippen LogP contribution in [0.4, 0.5) is 16.0 Å². The van der Waals surface area contributed by atoms with E-state index < -0.39 is 5.82 Å². The summed E-state index contributed by atoms with van der Waals surface area (Å²) in [7, 11) is 0. The van der Waals surface area contributed by atoms with Gasteiger partial charge in [0, 0.05) is 50.7 Å². The van der Waals surface area contributed by atoms with Crippen molar-refractivity contribution in [1.29, 1.82) is 0 Å². The van der Waals surface area contributed by atoms with E-state index in [0.29, 0.717) is 44.4 Å². The van der Waals surface area contributed by atoms with Crippen molar-refractivity contribution < 1.29 is 9.18 Å². The summed E-state index contributed by atoms with van der Waals surface area (Å²) in [6.45, 7) is 4.85. The van der Waals surface area contributed by atoms with Crippen molar-refractivity contribution in [2.75, 3.05) is 31.5 Å². The fourth-order valence-corrected chi connectivity index (χ4v) is 3.51. The maximum Gasteiger partial charge on any atom is 0.256 e. The number of aryl methyl sites for hydroxylation is 1. The van der Waals surface area contributed by atoms with Crippen molar-refractivity contribution in [3.05, 3.63) is 64.5 Å². The molecule has 3 heterocycles. The summed E-state index contributed by atoms with van der Waals surface area (Å²) in [6, 6.07) is 6.36. The Hall–Kier alpha value is -2.75. The zero-order valence-corrected chi connectivity index (χ0v) is 18.4. The van der Waals surface area contributed by atoms with Gasteiger partial charge in [-0.3, -0.25) is 19.8 Å². The van der Waals surface area contributed by atoms with Gasteiger partial charge >= 0.3 is 0 Å². The van der Waals surface area contributed by atoms with E-state index in [1.807, 2.05) is 13.0 Å². The number of aromatic amines is 1. The summed E-state index contributed by atoms with van der Waals surface area (Å²) >= 11 is 5.80. The van der Waals surface area contributed by atoms with Crippen LogP contribution in [0.25, 0.3) is 0 Å². The number of carbonyl (C=O) groups is 1. The van der Waals surface area contributed by atoms with Crippen LogP contribution in [0, 0.1) is 12.7 Å². The molecule has 3 aromatic rings. The van der Waals surface area contributed by atoms with Gasteiger partial charge in [0.1, 0.15) is 5.82 Å². The van der Waals surface area contributed by atoms with Gasteiger partial charge in [-0.1, -0.05) is 17.7 Å². The molecule has 31 heavy (non-hydrogen) atoms. The second kappa shape index (κ2) is 10.0. The lowest BCUT2D eigenvalue weighted by Crippen LogP contribution is -2.48. The molecule has 0 radical (unpaired) electrons. The van der Waals surface area contributed by atoms with Gasteiger partial charge in [0.05, 0.1) is 22.5 Å².